The highest BCUT2D eigenvalue weighted by Gasteiger charge is 2.29. The van der Waals surface area contributed by atoms with Crippen LogP contribution in [0.5, 0.6) is 11.5 Å². The zero-order valence-electron chi connectivity index (χ0n) is 17.0. The molecule has 1 fully saturated rings. The third-order valence-electron chi connectivity index (χ3n) is 5.66. The van der Waals surface area contributed by atoms with Gasteiger partial charge in [0.05, 0.1) is 4.90 Å². The van der Waals surface area contributed by atoms with Crippen molar-refractivity contribution >= 4 is 21.6 Å². The summed E-state index contributed by atoms with van der Waals surface area (Å²) in [5.41, 5.74) is 0.833. The molecule has 1 aliphatic heterocycles. The van der Waals surface area contributed by atoms with Crippen molar-refractivity contribution in [3.8, 4) is 11.5 Å². The Bertz CT molecular complexity index is 1030. The van der Waals surface area contributed by atoms with Crippen LogP contribution in [-0.2, 0) is 10.0 Å². The molecule has 2 aromatic rings. The smallest absolute Gasteiger partial charge is 0.255 e. The van der Waals surface area contributed by atoms with Crippen LogP contribution >= 0.6 is 0 Å². The zero-order chi connectivity index (χ0) is 21.1. The van der Waals surface area contributed by atoms with Gasteiger partial charge >= 0.3 is 0 Å². The Balaban J connectivity index is 1.51. The molecule has 1 aliphatic carbocycles. The second-order valence-electron chi connectivity index (χ2n) is 7.65. The molecular weight excluding hydrogens is 404 g/mol. The van der Waals surface area contributed by atoms with E-state index in [1.807, 2.05) is 0 Å². The quantitative estimate of drug-likeness (QED) is 0.782. The molecule has 1 amide bonds. The lowest BCUT2D eigenvalue weighted by Crippen LogP contribution is -2.38. The van der Waals surface area contributed by atoms with Crippen molar-refractivity contribution in [3.63, 3.8) is 0 Å². The molecule has 160 valence electrons. The van der Waals surface area contributed by atoms with E-state index in [-0.39, 0.29) is 22.4 Å². The first-order valence-electron chi connectivity index (χ1n) is 10.2. The molecule has 1 N–H and O–H groups in total. The first-order chi connectivity index (χ1) is 14.4. The van der Waals surface area contributed by atoms with Crippen LogP contribution in [0, 0.1) is 0 Å². The molecule has 7 nitrogen and oxygen atoms in total. The number of rotatable bonds is 5. The first-order valence-corrected chi connectivity index (χ1v) is 11.7. The van der Waals surface area contributed by atoms with Gasteiger partial charge in [-0.15, -0.1) is 0 Å². The van der Waals surface area contributed by atoms with Crippen LogP contribution in [0.25, 0.3) is 0 Å². The molecular formula is C22H26N2O5S. The lowest BCUT2D eigenvalue weighted by Gasteiger charge is -2.30. The van der Waals surface area contributed by atoms with Crippen LogP contribution in [0.3, 0.4) is 0 Å². The molecule has 0 spiro atoms. The summed E-state index contributed by atoms with van der Waals surface area (Å²) in [5, 5.41) is 2.80. The number of hydrogen-bond donors (Lipinski definition) is 1. The van der Waals surface area contributed by atoms with Gasteiger partial charge in [-0.05, 0) is 43.2 Å². The summed E-state index contributed by atoms with van der Waals surface area (Å²) in [5.74, 6) is 0.826. The van der Waals surface area contributed by atoms with Gasteiger partial charge in [-0.1, -0.05) is 25.3 Å². The molecule has 8 heteroatoms. The number of anilines is 1. The van der Waals surface area contributed by atoms with E-state index in [2.05, 4.69) is 5.32 Å². The molecule has 0 bridgehead atoms. The number of carbonyl (C=O) groups excluding carboxylic acids is 1. The second-order valence-corrected chi connectivity index (χ2v) is 9.65. The number of nitrogens with one attached hydrogen (secondary N) is 1. The molecule has 0 aromatic heterocycles. The van der Waals surface area contributed by atoms with Crippen molar-refractivity contribution in [1.29, 1.82) is 0 Å². The van der Waals surface area contributed by atoms with Gasteiger partial charge in [0.25, 0.3) is 5.91 Å². The Kier molecular flexibility index (Phi) is 5.97. The molecule has 0 radical (unpaired) electrons. The summed E-state index contributed by atoms with van der Waals surface area (Å²) in [6, 6.07) is 11.3. The minimum absolute atomic E-state index is 0.0129. The van der Waals surface area contributed by atoms with Gasteiger partial charge in [-0.25, -0.2) is 8.42 Å². The number of nitrogens with zero attached hydrogens (tertiary/aromatic N) is 1. The van der Waals surface area contributed by atoms with Gasteiger partial charge in [0, 0.05) is 30.4 Å². The van der Waals surface area contributed by atoms with Crippen LogP contribution in [-0.4, -0.2) is 44.9 Å². The highest BCUT2D eigenvalue weighted by atomic mass is 32.2. The fourth-order valence-electron chi connectivity index (χ4n) is 3.93. The number of amides is 1. The Labute approximate surface area is 177 Å². The van der Waals surface area contributed by atoms with E-state index in [0.29, 0.717) is 30.4 Å². The van der Waals surface area contributed by atoms with Crippen LogP contribution in [0.2, 0.25) is 0 Å². The normalized spacial score (nSPS) is 17.0. The lowest BCUT2D eigenvalue weighted by molar-refractivity contribution is 0.102. The standard InChI is InChI=1S/C22H26N2O5S/c1-24(18-7-3-2-4-8-18)30(26,27)19-9-5-6-16(14-19)22(25)23-17-10-11-20-21(15-17)29-13-12-28-20/h5-6,9-11,14-15,18H,2-4,7-8,12-13H2,1H3,(H,23,25). The average molecular weight is 431 g/mol. The van der Waals surface area contributed by atoms with E-state index in [1.54, 1.807) is 37.4 Å². The van der Waals surface area contributed by atoms with E-state index in [1.165, 1.54) is 16.4 Å². The number of fused-ring (bicyclic) bond motifs is 1. The van der Waals surface area contributed by atoms with Crippen molar-refractivity contribution in [3.05, 3.63) is 48.0 Å². The van der Waals surface area contributed by atoms with Crippen molar-refractivity contribution in [1.82, 2.24) is 4.31 Å². The summed E-state index contributed by atoms with van der Waals surface area (Å²) >= 11 is 0. The first kappa shape index (κ1) is 20.7. The van der Waals surface area contributed by atoms with Crippen molar-refractivity contribution in [2.24, 2.45) is 0 Å². The Hall–Kier alpha value is -2.58. The molecule has 0 atom stereocenters. The maximum atomic E-state index is 13.1. The maximum absolute atomic E-state index is 13.1. The highest BCUT2D eigenvalue weighted by Crippen LogP contribution is 2.33. The van der Waals surface area contributed by atoms with E-state index in [0.717, 1.165) is 32.1 Å². The van der Waals surface area contributed by atoms with Gasteiger partial charge in [0.2, 0.25) is 10.0 Å². The van der Waals surface area contributed by atoms with Gasteiger partial charge in [0.1, 0.15) is 13.2 Å². The summed E-state index contributed by atoms with van der Waals surface area (Å²) in [7, 11) is -2.03. The third kappa shape index (κ3) is 4.29. The summed E-state index contributed by atoms with van der Waals surface area (Å²) < 4.78 is 38.7. The summed E-state index contributed by atoms with van der Waals surface area (Å²) in [6.07, 6.45) is 4.99. The maximum Gasteiger partial charge on any atom is 0.255 e. The SMILES string of the molecule is CN(C1CCCCC1)S(=O)(=O)c1cccc(C(=O)Nc2ccc3c(c2)OCCO3)c1. The monoisotopic (exact) mass is 430 g/mol. The van der Waals surface area contributed by atoms with Gasteiger partial charge in [0.15, 0.2) is 11.5 Å². The Morgan fingerprint density at radius 1 is 1.00 bits per heavy atom. The van der Waals surface area contributed by atoms with Gasteiger partial charge in [-0.2, -0.15) is 4.31 Å². The van der Waals surface area contributed by atoms with Crippen LogP contribution in [0.15, 0.2) is 47.4 Å². The third-order valence-corrected chi connectivity index (χ3v) is 7.57. The fraction of sp³-hybridized carbons (Fsp3) is 0.409. The molecule has 2 aliphatic rings. The van der Waals surface area contributed by atoms with E-state index >= 15 is 0 Å². The van der Waals surface area contributed by atoms with Crippen molar-refractivity contribution in [2.75, 3.05) is 25.6 Å². The zero-order valence-corrected chi connectivity index (χ0v) is 17.8. The molecule has 1 heterocycles. The van der Waals surface area contributed by atoms with Gasteiger partial charge in [-0.3, -0.25) is 4.79 Å². The van der Waals surface area contributed by atoms with E-state index in [9.17, 15) is 13.2 Å². The van der Waals surface area contributed by atoms with E-state index in [4.69, 9.17) is 9.47 Å². The number of benzene rings is 2. The predicted molar refractivity (Wildman–Crippen MR) is 114 cm³/mol. The van der Waals surface area contributed by atoms with Crippen LogP contribution < -0.4 is 14.8 Å². The lowest BCUT2D eigenvalue weighted by atomic mass is 9.96. The molecule has 0 unspecified atom stereocenters. The largest absolute Gasteiger partial charge is 0.486 e. The predicted octanol–water partition coefficient (Wildman–Crippen LogP) is 3.66. The molecule has 1 saturated carbocycles. The average Bonchev–Trinajstić information content (AvgIpc) is 2.79. The second kappa shape index (κ2) is 8.65. The van der Waals surface area contributed by atoms with Crippen molar-refractivity contribution < 1.29 is 22.7 Å². The summed E-state index contributed by atoms with van der Waals surface area (Å²) in [4.78, 5) is 12.9. The van der Waals surface area contributed by atoms with E-state index < -0.39 is 10.0 Å². The number of sulfonamides is 1. The minimum Gasteiger partial charge on any atom is -0.486 e. The molecule has 2 aromatic carbocycles. The topological polar surface area (TPSA) is 84.9 Å². The van der Waals surface area contributed by atoms with Crippen LogP contribution in [0.1, 0.15) is 42.5 Å². The summed E-state index contributed by atoms with van der Waals surface area (Å²) in [6.45, 7) is 0.952. The fourth-order valence-corrected chi connectivity index (χ4v) is 5.39. The molecule has 0 saturated heterocycles. The highest BCUT2D eigenvalue weighted by molar-refractivity contribution is 7.89. The Morgan fingerprint density at radius 2 is 1.73 bits per heavy atom. The molecule has 30 heavy (non-hydrogen) atoms. The van der Waals surface area contributed by atoms with Crippen LogP contribution in [0.4, 0.5) is 5.69 Å². The Morgan fingerprint density at radius 3 is 2.50 bits per heavy atom. The number of ether oxygens (including phenoxy) is 2. The number of carbonyl (C=O) groups is 1. The minimum atomic E-state index is -3.66. The van der Waals surface area contributed by atoms with Crippen molar-refractivity contribution in [2.45, 2.75) is 43.0 Å². The number of hydrogen-bond acceptors (Lipinski definition) is 5. The van der Waals surface area contributed by atoms with Gasteiger partial charge < -0.3 is 14.8 Å². The molecule has 4 rings (SSSR count).